The lowest BCUT2D eigenvalue weighted by Gasteiger charge is -2.39. The molecule has 1 aliphatic heterocycles. The van der Waals surface area contributed by atoms with Crippen molar-refractivity contribution in [2.45, 2.75) is 19.4 Å². The molecule has 21 heavy (non-hydrogen) atoms. The maximum atomic E-state index is 5.45. The normalized spacial score (nSPS) is 17.8. The molecule has 0 radical (unpaired) electrons. The van der Waals surface area contributed by atoms with E-state index in [0.717, 1.165) is 54.2 Å². The molecular formula is C15H19N5O. The van der Waals surface area contributed by atoms with Gasteiger partial charge in [0.25, 0.3) is 0 Å². The van der Waals surface area contributed by atoms with Crippen molar-refractivity contribution < 1.29 is 4.74 Å². The summed E-state index contributed by atoms with van der Waals surface area (Å²) < 4.78 is 5.45. The van der Waals surface area contributed by atoms with Gasteiger partial charge in [-0.05, 0) is 19.9 Å². The number of ether oxygens (including phenoxy) is 1. The molecule has 3 aromatic rings. The van der Waals surface area contributed by atoms with Crippen LogP contribution in [-0.2, 0) is 10.3 Å². The van der Waals surface area contributed by atoms with E-state index in [1.807, 2.05) is 18.5 Å². The molecule has 1 fully saturated rings. The number of hydrogen-bond acceptors (Lipinski definition) is 4. The van der Waals surface area contributed by atoms with Gasteiger partial charge in [0, 0.05) is 24.7 Å². The van der Waals surface area contributed by atoms with E-state index < -0.39 is 0 Å². The van der Waals surface area contributed by atoms with Crippen LogP contribution < -0.4 is 0 Å². The molecule has 0 aliphatic carbocycles. The Kier molecular flexibility index (Phi) is 2.77. The predicted molar refractivity (Wildman–Crippen MR) is 81.2 cm³/mol. The van der Waals surface area contributed by atoms with Crippen LogP contribution in [0.3, 0.4) is 0 Å². The molecule has 6 nitrogen and oxygen atoms in total. The summed E-state index contributed by atoms with van der Waals surface area (Å²) in [7, 11) is 0. The molecule has 6 heteroatoms. The van der Waals surface area contributed by atoms with E-state index in [0.29, 0.717) is 0 Å². The summed E-state index contributed by atoms with van der Waals surface area (Å²) in [5, 5.41) is 1.06. The number of hydrogen-bond donors (Lipinski definition) is 2. The molecule has 0 unspecified atom stereocenters. The van der Waals surface area contributed by atoms with Crippen LogP contribution in [0.1, 0.15) is 19.7 Å². The largest absolute Gasteiger partial charge is 0.379 e. The second kappa shape index (κ2) is 4.54. The number of imidazole rings is 1. The molecule has 1 saturated heterocycles. The first-order chi connectivity index (χ1) is 10.2. The molecule has 110 valence electrons. The van der Waals surface area contributed by atoms with Gasteiger partial charge in [-0.1, -0.05) is 0 Å². The lowest BCUT2D eigenvalue weighted by atomic mass is 10.0. The maximum absolute atomic E-state index is 5.45. The minimum absolute atomic E-state index is 0.147. The van der Waals surface area contributed by atoms with Crippen molar-refractivity contribution in [1.29, 1.82) is 0 Å². The van der Waals surface area contributed by atoms with Crippen LogP contribution >= 0.6 is 0 Å². The van der Waals surface area contributed by atoms with Gasteiger partial charge in [0.05, 0.1) is 30.5 Å². The summed E-state index contributed by atoms with van der Waals surface area (Å²) in [5.74, 6) is 0.981. The summed E-state index contributed by atoms with van der Waals surface area (Å²) in [6.45, 7) is 7.85. The van der Waals surface area contributed by atoms with Crippen LogP contribution in [0, 0.1) is 0 Å². The van der Waals surface area contributed by atoms with Crippen LogP contribution in [0.2, 0.25) is 0 Å². The molecule has 0 saturated carbocycles. The van der Waals surface area contributed by atoms with Gasteiger partial charge in [-0.15, -0.1) is 0 Å². The van der Waals surface area contributed by atoms with Crippen molar-refractivity contribution in [3.8, 4) is 0 Å². The topological polar surface area (TPSA) is 69.8 Å². The summed E-state index contributed by atoms with van der Waals surface area (Å²) >= 11 is 0. The molecule has 4 heterocycles. The van der Waals surface area contributed by atoms with Crippen LogP contribution in [0.4, 0.5) is 0 Å². The van der Waals surface area contributed by atoms with Crippen LogP contribution in [0.5, 0.6) is 0 Å². The van der Waals surface area contributed by atoms with E-state index in [9.17, 15) is 0 Å². The first-order valence-corrected chi connectivity index (χ1v) is 7.31. The zero-order valence-corrected chi connectivity index (χ0v) is 12.3. The van der Waals surface area contributed by atoms with Crippen molar-refractivity contribution in [1.82, 2.24) is 24.8 Å². The third-order valence-corrected chi connectivity index (χ3v) is 4.42. The number of nitrogens with one attached hydrogen (secondary N) is 2. The molecule has 0 spiro atoms. The number of pyridine rings is 1. The number of aromatic nitrogens is 4. The monoisotopic (exact) mass is 285 g/mol. The zero-order chi connectivity index (χ0) is 14.4. The maximum Gasteiger partial charge on any atom is 0.139 e. The van der Waals surface area contributed by atoms with Gasteiger partial charge in [0.2, 0.25) is 0 Å². The Morgan fingerprint density at radius 1 is 1.29 bits per heavy atom. The molecule has 0 atom stereocenters. The number of nitrogens with zero attached hydrogens (tertiary/aromatic N) is 3. The molecule has 0 amide bonds. The SMILES string of the molecule is CC(C)(c1nc2c(cnc3[nH]ccc32)[nH]1)N1CCOCC1. The van der Waals surface area contributed by atoms with Crippen molar-refractivity contribution in [3.05, 3.63) is 24.3 Å². The van der Waals surface area contributed by atoms with Gasteiger partial charge < -0.3 is 14.7 Å². The summed E-state index contributed by atoms with van der Waals surface area (Å²) in [4.78, 5) is 18.3. The molecular weight excluding hydrogens is 266 g/mol. The van der Waals surface area contributed by atoms with Gasteiger partial charge in [0.1, 0.15) is 17.0 Å². The smallest absolute Gasteiger partial charge is 0.139 e. The van der Waals surface area contributed by atoms with Crippen molar-refractivity contribution in [2.24, 2.45) is 0 Å². The standard InChI is InChI=1S/C15H19N5O/c1-15(2,20-5-7-21-8-6-20)14-18-11-9-17-13-10(3-4-16-13)12(11)19-14/h3-4,9H,5-8H2,1-2H3,(H,16,17)(H,18,19). The second-order valence-corrected chi connectivity index (χ2v) is 6.00. The fourth-order valence-electron chi connectivity index (χ4n) is 3.03. The summed E-state index contributed by atoms with van der Waals surface area (Å²) in [5.41, 5.74) is 2.70. The Balaban J connectivity index is 1.81. The quantitative estimate of drug-likeness (QED) is 0.755. The van der Waals surface area contributed by atoms with Crippen molar-refractivity contribution >= 4 is 22.1 Å². The first kappa shape index (κ1) is 12.8. The number of H-pyrrole nitrogens is 2. The zero-order valence-electron chi connectivity index (χ0n) is 12.3. The molecule has 2 N–H and O–H groups in total. The molecule has 1 aliphatic rings. The van der Waals surface area contributed by atoms with Crippen LogP contribution in [0.15, 0.2) is 18.5 Å². The first-order valence-electron chi connectivity index (χ1n) is 7.31. The van der Waals surface area contributed by atoms with Crippen LogP contribution in [0.25, 0.3) is 22.1 Å². The number of rotatable bonds is 2. The van der Waals surface area contributed by atoms with E-state index in [1.165, 1.54) is 0 Å². The van der Waals surface area contributed by atoms with E-state index in [1.54, 1.807) is 0 Å². The molecule has 0 aromatic carbocycles. The van der Waals surface area contributed by atoms with Crippen molar-refractivity contribution in [3.63, 3.8) is 0 Å². The van der Waals surface area contributed by atoms with E-state index in [4.69, 9.17) is 9.72 Å². The lowest BCUT2D eigenvalue weighted by Crippen LogP contribution is -2.48. The van der Waals surface area contributed by atoms with Gasteiger partial charge in [-0.2, -0.15) is 0 Å². The molecule has 3 aromatic heterocycles. The van der Waals surface area contributed by atoms with Gasteiger partial charge >= 0.3 is 0 Å². The highest BCUT2D eigenvalue weighted by Crippen LogP contribution is 2.29. The average molecular weight is 285 g/mol. The average Bonchev–Trinajstić information content (AvgIpc) is 3.14. The number of morpholine rings is 1. The Bertz CT molecular complexity index is 782. The predicted octanol–water partition coefficient (Wildman–Crippen LogP) is 2.01. The second-order valence-electron chi connectivity index (χ2n) is 6.00. The van der Waals surface area contributed by atoms with Gasteiger partial charge in [0.15, 0.2) is 0 Å². The minimum atomic E-state index is -0.147. The number of fused-ring (bicyclic) bond motifs is 3. The van der Waals surface area contributed by atoms with E-state index in [2.05, 4.69) is 33.7 Å². The highest BCUT2D eigenvalue weighted by molar-refractivity contribution is 6.00. The van der Waals surface area contributed by atoms with E-state index >= 15 is 0 Å². The third-order valence-electron chi connectivity index (χ3n) is 4.42. The summed E-state index contributed by atoms with van der Waals surface area (Å²) in [6, 6.07) is 2.02. The van der Waals surface area contributed by atoms with Gasteiger partial charge in [-0.25, -0.2) is 9.97 Å². The Hall–Kier alpha value is -1.92. The van der Waals surface area contributed by atoms with Crippen molar-refractivity contribution in [2.75, 3.05) is 26.3 Å². The fraction of sp³-hybridized carbons (Fsp3) is 0.467. The van der Waals surface area contributed by atoms with E-state index in [-0.39, 0.29) is 5.54 Å². The number of aromatic amines is 2. The summed E-state index contributed by atoms with van der Waals surface area (Å²) in [6.07, 6.45) is 3.75. The highest BCUT2D eigenvalue weighted by atomic mass is 16.5. The lowest BCUT2D eigenvalue weighted by molar-refractivity contribution is -0.0143. The minimum Gasteiger partial charge on any atom is -0.379 e. The Morgan fingerprint density at radius 3 is 2.90 bits per heavy atom. The fourth-order valence-corrected chi connectivity index (χ4v) is 3.03. The third kappa shape index (κ3) is 1.94. The molecule has 0 bridgehead atoms. The van der Waals surface area contributed by atoms with Gasteiger partial charge in [-0.3, -0.25) is 4.90 Å². The molecule has 4 rings (SSSR count). The Labute approximate surface area is 122 Å². The highest BCUT2D eigenvalue weighted by Gasteiger charge is 2.33. The Morgan fingerprint density at radius 2 is 2.10 bits per heavy atom. The van der Waals surface area contributed by atoms with Crippen LogP contribution in [-0.4, -0.2) is 51.1 Å².